The molecule has 0 atom stereocenters. The van der Waals surface area contributed by atoms with Gasteiger partial charge in [0.05, 0.1) is 20.9 Å². The molecule has 1 aromatic heterocycles. The van der Waals surface area contributed by atoms with Gasteiger partial charge in [0.1, 0.15) is 0 Å². The quantitative estimate of drug-likeness (QED) is 0.825. The Bertz CT molecular complexity index is 337. The molecule has 0 aromatic carbocycles. The lowest BCUT2D eigenvalue weighted by molar-refractivity contribution is 0.0960. The third kappa shape index (κ3) is 3.41. The molecule has 0 saturated carbocycles. The largest absolute Gasteiger partial charge is 0.392 e. The van der Waals surface area contributed by atoms with E-state index < -0.39 is 0 Å². The number of nitrogens with one attached hydrogen (secondary N) is 1. The second-order valence-corrected chi connectivity index (χ2v) is 5.10. The number of halogens is 1. The minimum Gasteiger partial charge on any atom is -0.392 e. The highest BCUT2D eigenvalue weighted by Gasteiger charge is 2.06. The zero-order valence-corrected chi connectivity index (χ0v) is 9.76. The fraction of sp³-hybridized carbons (Fsp3) is 0.143. The van der Waals surface area contributed by atoms with E-state index in [1.165, 1.54) is 11.3 Å². The SMILES string of the molecule is NC(=S)CNC(=O)c1csc(Br)c1. The topological polar surface area (TPSA) is 55.1 Å². The van der Waals surface area contributed by atoms with Crippen molar-refractivity contribution < 1.29 is 4.79 Å². The molecule has 0 radical (unpaired) electrons. The first kappa shape index (κ1) is 10.6. The van der Waals surface area contributed by atoms with Crippen LogP contribution in [0.15, 0.2) is 15.2 Å². The Morgan fingerprint density at radius 2 is 2.46 bits per heavy atom. The number of amides is 1. The van der Waals surface area contributed by atoms with Crippen LogP contribution in [0, 0.1) is 0 Å². The number of rotatable bonds is 3. The minimum atomic E-state index is -0.158. The Labute approximate surface area is 93.4 Å². The molecular weight excluding hydrogens is 272 g/mol. The van der Waals surface area contributed by atoms with Crippen molar-refractivity contribution in [3.8, 4) is 0 Å². The van der Waals surface area contributed by atoms with Gasteiger partial charge in [-0.05, 0) is 22.0 Å². The van der Waals surface area contributed by atoms with Crippen LogP contribution in [-0.2, 0) is 0 Å². The van der Waals surface area contributed by atoms with Gasteiger partial charge in [-0.25, -0.2) is 0 Å². The van der Waals surface area contributed by atoms with E-state index in [4.69, 9.17) is 5.73 Å². The van der Waals surface area contributed by atoms with Crippen molar-refractivity contribution in [3.05, 3.63) is 20.8 Å². The first-order chi connectivity index (χ1) is 6.09. The van der Waals surface area contributed by atoms with Crippen LogP contribution >= 0.6 is 39.5 Å². The normalized spacial score (nSPS) is 9.62. The van der Waals surface area contributed by atoms with Crippen molar-refractivity contribution >= 4 is 50.4 Å². The molecule has 1 rings (SSSR count). The summed E-state index contributed by atoms with van der Waals surface area (Å²) in [6.07, 6.45) is 0. The van der Waals surface area contributed by atoms with Crippen molar-refractivity contribution in [2.24, 2.45) is 5.73 Å². The van der Waals surface area contributed by atoms with Crippen molar-refractivity contribution in [1.82, 2.24) is 5.32 Å². The predicted molar refractivity (Wildman–Crippen MR) is 61.1 cm³/mol. The highest BCUT2D eigenvalue weighted by Crippen LogP contribution is 2.20. The smallest absolute Gasteiger partial charge is 0.252 e. The van der Waals surface area contributed by atoms with E-state index >= 15 is 0 Å². The van der Waals surface area contributed by atoms with Gasteiger partial charge in [0.2, 0.25) is 0 Å². The summed E-state index contributed by atoms with van der Waals surface area (Å²) in [4.78, 5) is 11.6. The second kappa shape index (κ2) is 4.69. The molecule has 0 fully saturated rings. The summed E-state index contributed by atoms with van der Waals surface area (Å²) in [6.45, 7) is 0.238. The van der Waals surface area contributed by atoms with Crippen LogP contribution in [-0.4, -0.2) is 17.4 Å². The minimum absolute atomic E-state index is 0.158. The van der Waals surface area contributed by atoms with Gasteiger partial charge in [0.15, 0.2) is 0 Å². The number of hydrogen-bond donors (Lipinski definition) is 2. The van der Waals surface area contributed by atoms with E-state index in [-0.39, 0.29) is 17.4 Å². The van der Waals surface area contributed by atoms with Gasteiger partial charge in [-0.2, -0.15) is 0 Å². The third-order valence-electron chi connectivity index (χ3n) is 1.25. The van der Waals surface area contributed by atoms with Crippen molar-refractivity contribution in [3.63, 3.8) is 0 Å². The van der Waals surface area contributed by atoms with Crippen LogP contribution in [0.3, 0.4) is 0 Å². The fourth-order valence-electron chi connectivity index (χ4n) is 0.699. The molecule has 1 amide bonds. The molecule has 0 aliphatic carbocycles. The van der Waals surface area contributed by atoms with Gasteiger partial charge in [0.25, 0.3) is 5.91 Å². The zero-order valence-electron chi connectivity index (χ0n) is 6.54. The first-order valence-electron chi connectivity index (χ1n) is 3.40. The number of thiocarbonyl (C=S) groups is 1. The van der Waals surface area contributed by atoms with Gasteiger partial charge in [0, 0.05) is 5.38 Å². The van der Waals surface area contributed by atoms with E-state index in [0.717, 1.165) is 3.79 Å². The summed E-state index contributed by atoms with van der Waals surface area (Å²) in [5, 5.41) is 4.36. The summed E-state index contributed by atoms with van der Waals surface area (Å²) in [6, 6.07) is 1.75. The standard InChI is InChI=1S/C7H7BrN2OS2/c8-5-1-4(3-13-5)7(11)10-2-6(9)12/h1,3H,2H2,(H2,9,12)(H,10,11). The van der Waals surface area contributed by atoms with Gasteiger partial charge in [-0.1, -0.05) is 12.2 Å². The number of carbonyl (C=O) groups excluding carboxylic acids is 1. The molecular formula is C7H7BrN2OS2. The highest BCUT2D eigenvalue weighted by atomic mass is 79.9. The molecule has 70 valence electrons. The Hall–Kier alpha value is -0.460. The summed E-state index contributed by atoms with van der Waals surface area (Å²) < 4.78 is 0.924. The number of carbonyl (C=O) groups is 1. The van der Waals surface area contributed by atoms with Crippen LogP contribution in [0.25, 0.3) is 0 Å². The molecule has 0 unspecified atom stereocenters. The van der Waals surface area contributed by atoms with Crippen LogP contribution in [0.5, 0.6) is 0 Å². The van der Waals surface area contributed by atoms with Gasteiger partial charge in [-0.15, -0.1) is 11.3 Å². The Balaban J connectivity index is 2.54. The van der Waals surface area contributed by atoms with E-state index in [1.54, 1.807) is 11.4 Å². The van der Waals surface area contributed by atoms with E-state index in [9.17, 15) is 4.79 Å². The molecule has 1 heterocycles. The van der Waals surface area contributed by atoms with Gasteiger partial charge < -0.3 is 11.1 Å². The summed E-state index contributed by atoms with van der Waals surface area (Å²) in [5.41, 5.74) is 5.85. The molecule has 0 spiro atoms. The lowest BCUT2D eigenvalue weighted by atomic mass is 10.3. The second-order valence-electron chi connectivity index (χ2n) is 2.29. The van der Waals surface area contributed by atoms with Crippen molar-refractivity contribution in [1.29, 1.82) is 0 Å². The van der Waals surface area contributed by atoms with Crippen LogP contribution in [0.4, 0.5) is 0 Å². The summed E-state index contributed by atoms with van der Waals surface area (Å²) in [5.74, 6) is -0.158. The maximum atomic E-state index is 11.3. The molecule has 6 heteroatoms. The average molecular weight is 279 g/mol. The molecule has 0 aliphatic heterocycles. The highest BCUT2D eigenvalue weighted by molar-refractivity contribution is 9.11. The van der Waals surface area contributed by atoms with E-state index in [0.29, 0.717) is 5.56 Å². The van der Waals surface area contributed by atoms with Crippen LogP contribution in [0.1, 0.15) is 10.4 Å². The molecule has 0 aliphatic rings. The number of hydrogen-bond acceptors (Lipinski definition) is 3. The van der Waals surface area contributed by atoms with Crippen molar-refractivity contribution in [2.75, 3.05) is 6.54 Å². The maximum Gasteiger partial charge on any atom is 0.252 e. The molecule has 0 bridgehead atoms. The lowest BCUT2D eigenvalue weighted by Gasteiger charge is -2.00. The zero-order chi connectivity index (χ0) is 9.84. The molecule has 3 N–H and O–H groups in total. The van der Waals surface area contributed by atoms with E-state index in [2.05, 4.69) is 33.5 Å². The first-order valence-corrected chi connectivity index (χ1v) is 5.48. The number of nitrogens with two attached hydrogens (primary N) is 1. The Morgan fingerprint density at radius 1 is 1.77 bits per heavy atom. The van der Waals surface area contributed by atoms with Crippen molar-refractivity contribution in [2.45, 2.75) is 0 Å². The van der Waals surface area contributed by atoms with Gasteiger partial charge >= 0.3 is 0 Å². The predicted octanol–water partition coefficient (Wildman–Crippen LogP) is 1.53. The lowest BCUT2D eigenvalue weighted by Crippen LogP contribution is -2.31. The average Bonchev–Trinajstić information content (AvgIpc) is 2.47. The number of thiophene rings is 1. The summed E-state index contributed by atoms with van der Waals surface area (Å²) in [7, 11) is 0. The Morgan fingerprint density at radius 3 is 2.92 bits per heavy atom. The van der Waals surface area contributed by atoms with Gasteiger partial charge in [-0.3, -0.25) is 4.79 Å². The van der Waals surface area contributed by atoms with Crippen LogP contribution in [0.2, 0.25) is 0 Å². The monoisotopic (exact) mass is 278 g/mol. The van der Waals surface area contributed by atoms with Crippen LogP contribution < -0.4 is 11.1 Å². The molecule has 3 nitrogen and oxygen atoms in total. The third-order valence-corrected chi connectivity index (χ3v) is 2.90. The molecule has 13 heavy (non-hydrogen) atoms. The Kier molecular flexibility index (Phi) is 3.83. The molecule has 1 aromatic rings. The fourth-order valence-corrected chi connectivity index (χ4v) is 1.91. The summed E-state index contributed by atoms with van der Waals surface area (Å²) >= 11 is 9.35. The maximum absolute atomic E-state index is 11.3. The van der Waals surface area contributed by atoms with E-state index in [1.807, 2.05) is 0 Å². The molecule has 0 saturated heterocycles.